The van der Waals surface area contributed by atoms with Crippen LogP contribution in [-0.4, -0.2) is 5.78 Å². The van der Waals surface area contributed by atoms with Gasteiger partial charge in [0.05, 0.1) is 5.56 Å². The predicted molar refractivity (Wildman–Crippen MR) is 74.8 cm³/mol. The molecule has 0 radical (unpaired) electrons. The number of Topliss-reactive ketones (excluding diaryl/α,β-unsaturated/α-hetero) is 1. The molecule has 0 spiro atoms. The van der Waals surface area contributed by atoms with E-state index in [9.17, 15) is 13.6 Å². The van der Waals surface area contributed by atoms with Crippen molar-refractivity contribution in [2.24, 2.45) is 0 Å². The van der Waals surface area contributed by atoms with Gasteiger partial charge in [0.1, 0.15) is 24.0 Å². The van der Waals surface area contributed by atoms with Crippen LogP contribution in [0.4, 0.5) is 8.78 Å². The normalized spacial score (nSPS) is 10.4. The molecule has 104 valence electrons. The van der Waals surface area contributed by atoms with E-state index in [1.54, 1.807) is 12.1 Å². The van der Waals surface area contributed by atoms with Crippen LogP contribution in [0.5, 0.6) is 5.75 Å². The molecule has 0 aliphatic rings. The lowest BCUT2D eigenvalue weighted by molar-refractivity contribution is 0.101. The molecule has 5 heteroatoms. The second-order valence-electron chi connectivity index (χ2n) is 4.22. The van der Waals surface area contributed by atoms with Crippen molar-refractivity contribution in [2.75, 3.05) is 0 Å². The molecular weight excluding hydrogens is 330 g/mol. The summed E-state index contributed by atoms with van der Waals surface area (Å²) >= 11 is 3.16. The van der Waals surface area contributed by atoms with E-state index in [2.05, 4.69) is 15.9 Å². The van der Waals surface area contributed by atoms with Crippen LogP contribution in [0.25, 0.3) is 0 Å². The second kappa shape index (κ2) is 6.13. The van der Waals surface area contributed by atoms with Crippen molar-refractivity contribution in [2.45, 2.75) is 13.5 Å². The minimum absolute atomic E-state index is 0.0367. The average Bonchev–Trinajstić information content (AvgIpc) is 2.38. The molecule has 0 aliphatic carbocycles. The Balaban J connectivity index is 2.20. The molecule has 0 bridgehead atoms. The first-order chi connectivity index (χ1) is 9.47. The zero-order valence-corrected chi connectivity index (χ0v) is 12.2. The van der Waals surface area contributed by atoms with Gasteiger partial charge in [-0.15, -0.1) is 0 Å². The fourth-order valence-corrected chi connectivity index (χ4v) is 2.03. The summed E-state index contributed by atoms with van der Waals surface area (Å²) in [5.41, 5.74) is 0.495. The molecule has 2 nitrogen and oxygen atoms in total. The zero-order valence-electron chi connectivity index (χ0n) is 10.6. The Morgan fingerprint density at radius 1 is 1.20 bits per heavy atom. The van der Waals surface area contributed by atoms with Crippen LogP contribution < -0.4 is 4.74 Å². The SMILES string of the molecule is CC(=O)c1cc(F)ccc1OCc1ccc(Br)cc1F. The highest BCUT2D eigenvalue weighted by Gasteiger charge is 2.11. The summed E-state index contributed by atoms with van der Waals surface area (Å²) in [4.78, 5) is 11.4. The Bertz CT molecular complexity index is 656. The molecule has 0 amide bonds. The van der Waals surface area contributed by atoms with Gasteiger partial charge < -0.3 is 4.74 Å². The highest BCUT2D eigenvalue weighted by atomic mass is 79.9. The first kappa shape index (κ1) is 14.7. The number of benzene rings is 2. The van der Waals surface area contributed by atoms with Gasteiger partial charge >= 0.3 is 0 Å². The van der Waals surface area contributed by atoms with Crippen LogP contribution in [0.3, 0.4) is 0 Å². The largest absolute Gasteiger partial charge is 0.488 e. The molecule has 0 aliphatic heterocycles. The van der Waals surface area contributed by atoms with Gasteiger partial charge in [-0.3, -0.25) is 4.79 Å². The van der Waals surface area contributed by atoms with Gasteiger partial charge in [0, 0.05) is 10.0 Å². The van der Waals surface area contributed by atoms with Crippen LogP contribution in [-0.2, 0) is 6.61 Å². The topological polar surface area (TPSA) is 26.3 Å². The highest BCUT2D eigenvalue weighted by molar-refractivity contribution is 9.10. The van der Waals surface area contributed by atoms with E-state index < -0.39 is 11.6 Å². The maximum Gasteiger partial charge on any atom is 0.163 e. The summed E-state index contributed by atoms with van der Waals surface area (Å²) in [5.74, 6) is -1.000. The third-order valence-electron chi connectivity index (χ3n) is 2.72. The minimum Gasteiger partial charge on any atom is -0.488 e. The van der Waals surface area contributed by atoms with Crippen LogP contribution in [0, 0.1) is 11.6 Å². The maximum atomic E-state index is 13.6. The Morgan fingerprint density at radius 3 is 2.60 bits per heavy atom. The number of hydrogen-bond donors (Lipinski definition) is 0. The van der Waals surface area contributed by atoms with E-state index >= 15 is 0 Å². The molecule has 2 rings (SSSR count). The number of rotatable bonds is 4. The summed E-state index contributed by atoms with van der Waals surface area (Å²) in [6.45, 7) is 1.28. The standard InChI is InChI=1S/C15H11BrF2O2/c1-9(19)13-7-12(17)4-5-15(13)20-8-10-2-3-11(16)6-14(10)18/h2-7H,8H2,1H3. The molecule has 0 saturated heterocycles. The number of halogens is 3. The van der Waals surface area contributed by atoms with Gasteiger partial charge in [-0.25, -0.2) is 8.78 Å². The van der Waals surface area contributed by atoms with E-state index in [1.165, 1.54) is 25.1 Å². The molecular formula is C15H11BrF2O2. The summed E-state index contributed by atoms with van der Waals surface area (Å²) in [6.07, 6.45) is 0. The lowest BCUT2D eigenvalue weighted by Crippen LogP contribution is -2.03. The number of carbonyl (C=O) groups is 1. The summed E-state index contributed by atoms with van der Waals surface area (Å²) < 4.78 is 32.8. The van der Waals surface area contributed by atoms with Crippen molar-refractivity contribution >= 4 is 21.7 Å². The van der Waals surface area contributed by atoms with Crippen LogP contribution in [0.1, 0.15) is 22.8 Å². The minimum atomic E-state index is -0.516. The molecule has 0 atom stereocenters. The monoisotopic (exact) mass is 340 g/mol. The van der Waals surface area contributed by atoms with Crippen molar-refractivity contribution in [3.63, 3.8) is 0 Å². The summed E-state index contributed by atoms with van der Waals surface area (Å²) in [6, 6.07) is 8.27. The van der Waals surface area contributed by atoms with Crippen LogP contribution >= 0.6 is 15.9 Å². The van der Waals surface area contributed by atoms with Gasteiger partial charge in [-0.1, -0.05) is 22.0 Å². The Morgan fingerprint density at radius 2 is 1.95 bits per heavy atom. The molecule has 20 heavy (non-hydrogen) atoms. The molecule has 0 N–H and O–H groups in total. The van der Waals surface area contributed by atoms with Gasteiger partial charge in [-0.2, -0.15) is 0 Å². The molecule has 0 aromatic heterocycles. The highest BCUT2D eigenvalue weighted by Crippen LogP contribution is 2.23. The molecule has 2 aromatic rings. The van der Waals surface area contributed by atoms with E-state index in [-0.39, 0.29) is 23.7 Å². The molecule has 0 saturated carbocycles. The van der Waals surface area contributed by atoms with E-state index in [4.69, 9.17) is 4.74 Å². The lowest BCUT2D eigenvalue weighted by Gasteiger charge is -2.10. The maximum absolute atomic E-state index is 13.6. The quantitative estimate of drug-likeness (QED) is 0.765. The van der Waals surface area contributed by atoms with Crippen LogP contribution in [0.15, 0.2) is 40.9 Å². The third kappa shape index (κ3) is 3.42. The number of ether oxygens (including phenoxy) is 1. The van der Waals surface area contributed by atoms with E-state index in [0.29, 0.717) is 10.0 Å². The van der Waals surface area contributed by atoms with Crippen molar-refractivity contribution in [3.05, 3.63) is 63.6 Å². The summed E-state index contributed by atoms with van der Waals surface area (Å²) in [5, 5.41) is 0. The average molecular weight is 341 g/mol. The van der Waals surface area contributed by atoms with Crippen molar-refractivity contribution < 1.29 is 18.3 Å². The number of carbonyl (C=O) groups excluding carboxylic acids is 1. The first-order valence-electron chi connectivity index (χ1n) is 5.84. The zero-order chi connectivity index (χ0) is 14.7. The lowest BCUT2D eigenvalue weighted by atomic mass is 10.1. The van der Waals surface area contributed by atoms with E-state index in [0.717, 1.165) is 6.07 Å². The predicted octanol–water partition coefficient (Wildman–Crippen LogP) is 4.51. The van der Waals surface area contributed by atoms with Gasteiger partial charge in [0.15, 0.2) is 5.78 Å². The number of hydrogen-bond acceptors (Lipinski definition) is 2. The fourth-order valence-electron chi connectivity index (χ4n) is 1.70. The van der Waals surface area contributed by atoms with Crippen molar-refractivity contribution in [1.82, 2.24) is 0 Å². The number of ketones is 1. The van der Waals surface area contributed by atoms with Gasteiger partial charge in [0.2, 0.25) is 0 Å². The second-order valence-corrected chi connectivity index (χ2v) is 5.14. The van der Waals surface area contributed by atoms with Crippen molar-refractivity contribution in [1.29, 1.82) is 0 Å². The molecule has 0 heterocycles. The smallest absolute Gasteiger partial charge is 0.163 e. The molecule has 2 aromatic carbocycles. The first-order valence-corrected chi connectivity index (χ1v) is 6.64. The summed E-state index contributed by atoms with van der Waals surface area (Å²) in [7, 11) is 0. The Hall–Kier alpha value is -1.75. The Labute approximate surface area is 123 Å². The third-order valence-corrected chi connectivity index (χ3v) is 3.21. The van der Waals surface area contributed by atoms with Crippen molar-refractivity contribution in [3.8, 4) is 5.75 Å². The fraction of sp³-hybridized carbons (Fsp3) is 0.133. The van der Waals surface area contributed by atoms with Crippen LogP contribution in [0.2, 0.25) is 0 Å². The molecule has 0 unspecified atom stereocenters. The Kier molecular flexibility index (Phi) is 4.49. The van der Waals surface area contributed by atoms with E-state index in [1.807, 2.05) is 0 Å². The van der Waals surface area contributed by atoms with Gasteiger partial charge in [0.25, 0.3) is 0 Å². The molecule has 0 fully saturated rings. The van der Waals surface area contributed by atoms with Gasteiger partial charge in [-0.05, 0) is 37.3 Å².